The summed E-state index contributed by atoms with van der Waals surface area (Å²) in [6, 6.07) is -0.907. The number of thioether (sulfide) groups is 1. The number of anilines is 1. The Kier molecular flexibility index (Phi) is 7.51. The van der Waals surface area contributed by atoms with Crippen molar-refractivity contribution in [2.75, 3.05) is 24.9 Å². The van der Waals surface area contributed by atoms with Crippen LogP contribution in [0.1, 0.15) is 33.4 Å². The molecule has 0 unspecified atom stereocenters. The largest absolute Gasteiger partial charge is 0.477 e. The molecule has 0 saturated carbocycles. The lowest BCUT2D eigenvalue weighted by molar-refractivity contribution is -0.152. The molecule has 12 nitrogen and oxygen atoms in total. The molecule has 0 aliphatic carbocycles. The number of carbonyl (C=O) groups is 4. The first-order chi connectivity index (χ1) is 16.0. The summed E-state index contributed by atoms with van der Waals surface area (Å²) >= 11 is 2.53. The van der Waals surface area contributed by atoms with Gasteiger partial charge in [-0.1, -0.05) is 5.16 Å². The molecule has 2 aliphatic rings. The fourth-order valence-corrected chi connectivity index (χ4v) is 5.10. The highest BCUT2D eigenvalue weighted by Gasteiger charge is 2.54. The van der Waals surface area contributed by atoms with Crippen molar-refractivity contribution in [2.24, 2.45) is 10.6 Å². The quantitative estimate of drug-likeness (QED) is 0.152. The van der Waals surface area contributed by atoms with Crippen LogP contribution in [0.25, 0.3) is 0 Å². The topological polar surface area (TPSA) is 160 Å². The second-order valence-electron chi connectivity index (χ2n) is 8.46. The highest BCUT2D eigenvalue weighted by Crippen LogP contribution is 2.40. The highest BCUT2D eigenvalue weighted by molar-refractivity contribution is 8.00. The Hall–Kier alpha value is -3.13. The second-order valence-corrected chi connectivity index (χ2v) is 10.4. The lowest BCUT2D eigenvalue weighted by atomic mass is 9.98. The number of aliphatic carboxylic acids is 1. The SMILES string of the molecule is CO/N=C(\C(=O)N[C@@H]1C(=O)N2C(C(=O)O)=C(C)CS[C@H]12)c1csc(NCOC(=O)C(C)(C)C)n1. The van der Waals surface area contributed by atoms with Gasteiger partial charge < -0.3 is 25.3 Å². The summed E-state index contributed by atoms with van der Waals surface area (Å²) in [5, 5.41) is 20.0. The zero-order chi connectivity index (χ0) is 25.2. The lowest BCUT2D eigenvalue weighted by Crippen LogP contribution is -2.71. The number of β-lactam (4-membered cyclic amide) rings is 1. The minimum absolute atomic E-state index is 0.0487. The second kappa shape index (κ2) is 10.0. The summed E-state index contributed by atoms with van der Waals surface area (Å²) in [6.45, 7) is 6.77. The van der Waals surface area contributed by atoms with E-state index in [4.69, 9.17) is 9.57 Å². The Balaban J connectivity index is 1.65. The molecule has 0 radical (unpaired) electrons. The smallest absolute Gasteiger partial charge is 0.352 e. The van der Waals surface area contributed by atoms with Crippen molar-refractivity contribution in [3.8, 4) is 0 Å². The summed E-state index contributed by atoms with van der Waals surface area (Å²) in [7, 11) is 1.27. The average molecular weight is 512 g/mol. The Morgan fingerprint density at radius 2 is 2.06 bits per heavy atom. The van der Waals surface area contributed by atoms with E-state index < -0.39 is 34.6 Å². The van der Waals surface area contributed by atoms with Gasteiger partial charge in [-0.05, 0) is 33.3 Å². The average Bonchev–Trinajstić information content (AvgIpc) is 3.22. The maximum atomic E-state index is 12.9. The van der Waals surface area contributed by atoms with Crippen LogP contribution in [0, 0.1) is 5.41 Å². The first-order valence-corrected chi connectivity index (χ1v) is 12.0. The van der Waals surface area contributed by atoms with Gasteiger partial charge in [-0.2, -0.15) is 0 Å². The van der Waals surface area contributed by atoms with E-state index >= 15 is 0 Å². The van der Waals surface area contributed by atoms with Gasteiger partial charge >= 0.3 is 11.9 Å². The molecule has 2 amide bonds. The summed E-state index contributed by atoms with van der Waals surface area (Å²) in [4.78, 5) is 59.2. The van der Waals surface area contributed by atoms with E-state index in [1.54, 1.807) is 33.1 Å². The molecule has 0 spiro atoms. The third-order valence-electron chi connectivity index (χ3n) is 4.83. The van der Waals surface area contributed by atoms with Crippen LogP contribution in [0.3, 0.4) is 0 Å². The van der Waals surface area contributed by atoms with Gasteiger partial charge in [0.2, 0.25) is 0 Å². The van der Waals surface area contributed by atoms with Crippen molar-refractivity contribution >= 4 is 57.7 Å². The van der Waals surface area contributed by atoms with Crippen molar-refractivity contribution < 1.29 is 33.9 Å². The summed E-state index contributed by atoms with van der Waals surface area (Å²) in [5.41, 5.74) is -0.0695. The van der Waals surface area contributed by atoms with Crippen molar-refractivity contribution in [3.63, 3.8) is 0 Å². The van der Waals surface area contributed by atoms with E-state index in [9.17, 15) is 24.3 Å². The molecule has 1 fully saturated rings. The van der Waals surface area contributed by atoms with Crippen LogP contribution in [0.2, 0.25) is 0 Å². The Morgan fingerprint density at radius 1 is 1.35 bits per heavy atom. The number of ether oxygens (including phenoxy) is 1. The van der Waals surface area contributed by atoms with Crippen molar-refractivity contribution in [1.29, 1.82) is 0 Å². The maximum absolute atomic E-state index is 12.9. The lowest BCUT2D eigenvalue weighted by Gasteiger charge is -2.49. The Bertz CT molecular complexity index is 1080. The van der Waals surface area contributed by atoms with Crippen LogP contribution in [0.15, 0.2) is 21.8 Å². The van der Waals surface area contributed by atoms with Gasteiger partial charge in [-0.3, -0.25) is 19.3 Å². The van der Waals surface area contributed by atoms with Crippen molar-refractivity contribution in [1.82, 2.24) is 15.2 Å². The van der Waals surface area contributed by atoms with Gasteiger partial charge in [-0.25, -0.2) is 9.78 Å². The molecule has 0 bridgehead atoms. The molecule has 34 heavy (non-hydrogen) atoms. The number of amides is 2. The Morgan fingerprint density at radius 3 is 2.68 bits per heavy atom. The van der Waals surface area contributed by atoms with E-state index in [-0.39, 0.29) is 29.8 Å². The summed E-state index contributed by atoms with van der Waals surface area (Å²) < 4.78 is 5.14. The predicted octanol–water partition coefficient (Wildman–Crippen LogP) is 1.21. The number of aromatic nitrogens is 1. The minimum atomic E-state index is -1.18. The molecular weight excluding hydrogens is 486 g/mol. The van der Waals surface area contributed by atoms with Gasteiger partial charge in [0.15, 0.2) is 17.6 Å². The number of esters is 1. The summed E-state index contributed by atoms with van der Waals surface area (Å²) in [6.07, 6.45) is 0. The van der Waals surface area contributed by atoms with Crippen LogP contribution in [-0.2, 0) is 28.8 Å². The van der Waals surface area contributed by atoms with E-state index in [0.29, 0.717) is 16.5 Å². The number of carbonyl (C=O) groups excluding carboxylic acids is 3. The molecule has 0 aromatic carbocycles. The number of carboxylic acid groups (broad SMARTS) is 1. The monoisotopic (exact) mass is 511 g/mol. The number of fused-ring (bicyclic) bond motifs is 1. The molecule has 1 aromatic heterocycles. The molecule has 184 valence electrons. The first kappa shape index (κ1) is 25.5. The van der Waals surface area contributed by atoms with Gasteiger partial charge in [-0.15, -0.1) is 23.1 Å². The highest BCUT2D eigenvalue weighted by atomic mass is 32.2. The molecule has 3 rings (SSSR count). The van der Waals surface area contributed by atoms with Gasteiger partial charge in [0, 0.05) is 11.1 Å². The normalized spacial score (nSPS) is 20.3. The Labute approximate surface area is 203 Å². The van der Waals surface area contributed by atoms with Crippen LogP contribution in [-0.4, -0.2) is 75.5 Å². The zero-order valence-electron chi connectivity index (χ0n) is 19.2. The number of nitrogens with one attached hydrogen (secondary N) is 2. The van der Waals surface area contributed by atoms with Gasteiger partial charge in [0.25, 0.3) is 11.8 Å². The van der Waals surface area contributed by atoms with Gasteiger partial charge in [0.05, 0.1) is 5.41 Å². The molecule has 2 atom stereocenters. The molecule has 14 heteroatoms. The number of hydrogen-bond acceptors (Lipinski definition) is 11. The predicted molar refractivity (Wildman–Crippen MR) is 125 cm³/mol. The van der Waals surface area contributed by atoms with Crippen LogP contribution in [0.4, 0.5) is 5.13 Å². The number of oxime groups is 1. The van der Waals surface area contributed by atoms with E-state index in [2.05, 4.69) is 20.8 Å². The van der Waals surface area contributed by atoms with Crippen molar-refractivity contribution in [2.45, 2.75) is 39.1 Å². The molecule has 2 aliphatic heterocycles. The molecular formula is C20H25N5O7S2. The number of carboxylic acids is 1. The third-order valence-corrected chi connectivity index (χ3v) is 7.06. The number of rotatable bonds is 8. The maximum Gasteiger partial charge on any atom is 0.352 e. The minimum Gasteiger partial charge on any atom is -0.477 e. The third kappa shape index (κ3) is 5.17. The molecule has 1 saturated heterocycles. The van der Waals surface area contributed by atoms with E-state index in [1.807, 2.05) is 0 Å². The summed E-state index contributed by atoms with van der Waals surface area (Å²) in [5.74, 6) is -2.34. The zero-order valence-corrected chi connectivity index (χ0v) is 20.8. The fourth-order valence-electron chi connectivity index (χ4n) is 3.12. The first-order valence-electron chi connectivity index (χ1n) is 10.1. The van der Waals surface area contributed by atoms with Crippen molar-refractivity contribution in [3.05, 3.63) is 22.3 Å². The van der Waals surface area contributed by atoms with Crippen LogP contribution >= 0.6 is 23.1 Å². The molecule has 3 N–H and O–H groups in total. The van der Waals surface area contributed by atoms with E-state index in [1.165, 1.54) is 23.8 Å². The standard InChI is InChI=1S/C20H25N5O7S2/c1-9-6-33-16-12(15(27)25(16)13(9)17(28)29)23-14(26)11(24-31-5)10-7-34-19(22-10)21-8-32-18(30)20(2,3)4/h7,12,16H,6,8H2,1-5H3,(H,21,22)(H,23,26)(H,28,29)/b24-11-/t12-,16-/m1/s1. The number of hydrogen-bond donors (Lipinski definition) is 3. The number of nitrogens with zero attached hydrogens (tertiary/aromatic N) is 3. The van der Waals surface area contributed by atoms with Crippen LogP contribution < -0.4 is 10.6 Å². The molecule has 1 aromatic rings. The van der Waals surface area contributed by atoms with Gasteiger partial charge in [0.1, 0.15) is 29.9 Å². The molecule has 3 heterocycles. The van der Waals surface area contributed by atoms with Crippen LogP contribution in [0.5, 0.6) is 0 Å². The van der Waals surface area contributed by atoms with E-state index in [0.717, 1.165) is 11.3 Å². The number of thiazole rings is 1. The fraction of sp³-hybridized carbons (Fsp3) is 0.500.